The van der Waals surface area contributed by atoms with Crippen molar-refractivity contribution >= 4 is 21.8 Å². The predicted octanol–water partition coefficient (Wildman–Crippen LogP) is 9.55. The molecule has 0 aliphatic heterocycles. The number of quaternary nitrogens is 3. The Labute approximate surface area is 249 Å². The molecule has 0 fully saturated rings. The number of halogens is 12. The Balaban J connectivity index is -0.0000000946. The van der Waals surface area contributed by atoms with Crippen LogP contribution < -0.4 is 0 Å². The maximum atomic E-state index is 9.75. The summed E-state index contributed by atoms with van der Waals surface area (Å²) >= 11 is 0. The van der Waals surface area contributed by atoms with Crippen LogP contribution in [0.3, 0.4) is 0 Å². The van der Waals surface area contributed by atoms with Gasteiger partial charge in [0.05, 0.1) is 78.5 Å². The van der Waals surface area contributed by atoms with Crippen molar-refractivity contribution in [3.05, 3.63) is 0 Å². The summed E-state index contributed by atoms with van der Waals surface area (Å²) in [7, 11) is -18.0. The normalized spacial score (nSPS) is 12.0. The summed E-state index contributed by atoms with van der Waals surface area (Å²) in [4.78, 5) is 0. The van der Waals surface area contributed by atoms with Crippen LogP contribution in [0.1, 0.15) is 83.1 Å². The van der Waals surface area contributed by atoms with Crippen LogP contribution in [0.2, 0.25) is 0 Å². The number of hydrogen-bond acceptors (Lipinski definition) is 0. The van der Waals surface area contributed by atoms with Crippen LogP contribution in [0.15, 0.2) is 0 Å². The molecule has 18 heteroatoms. The Morgan fingerprint density at radius 2 is 0.286 bits per heavy atom. The molecule has 0 amide bonds. The van der Waals surface area contributed by atoms with Gasteiger partial charge in [0.2, 0.25) is 0 Å². The van der Waals surface area contributed by atoms with E-state index in [1.807, 2.05) is 0 Å². The van der Waals surface area contributed by atoms with Crippen molar-refractivity contribution in [3.63, 3.8) is 0 Å². The van der Waals surface area contributed by atoms with Crippen LogP contribution >= 0.6 is 0 Å². The zero-order valence-electron chi connectivity index (χ0n) is 28.1. The van der Waals surface area contributed by atoms with Crippen LogP contribution in [-0.4, -0.2) is 114 Å². The number of rotatable bonds is 12. The topological polar surface area (TPSA) is 0 Å². The summed E-state index contributed by atoms with van der Waals surface area (Å²) in [5, 5.41) is 0. The fourth-order valence-electron chi connectivity index (χ4n) is 4.02. The van der Waals surface area contributed by atoms with Gasteiger partial charge < -0.3 is 65.2 Å². The molecule has 3 nitrogen and oxygen atoms in total. The molecule has 0 aromatic rings. The van der Waals surface area contributed by atoms with Crippen molar-refractivity contribution in [2.75, 3.05) is 78.5 Å². The minimum atomic E-state index is -6.00. The maximum absolute atomic E-state index is 9.75. The van der Waals surface area contributed by atoms with E-state index in [1.165, 1.54) is 92.0 Å². The SMILES string of the molecule is CC[N+](CC)(CC)CC.CC[N+](CC)(CC)CC.CC[N+](CC)(CC)CC.F[B-](F)(F)F.F[B-](F)(F)F.F[B-](F)(F)F. The second-order valence-corrected chi connectivity index (χ2v) is 9.30. The zero-order chi connectivity index (χ0) is 35.5. The van der Waals surface area contributed by atoms with Crippen molar-refractivity contribution < 1.29 is 65.2 Å². The average Bonchev–Trinajstić information content (AvgIpc) is 2.87. The fourth-order valence-corrected chi connectivity index (χ4v) is 4.02. The second kappa shape index (κ2) is 27.8. The second-order valence-electron chi connectivity index (χ2n) is 9.30. The summed E-state index contributed by atoms with van der Waals surface area (Å²) in [6, 6.07) is 0. The Hall–Kier alpha value is -0.765. The number of hydrogen-bond donors (Lipinski definition) is 0. The highest BCUT2D eigenvalue weighted by atomic mass is 19.5. The first kappa shape index (κ1) is 53.8. The smallest absolute Gasteiger partial charge is 0.418 e. The standard InChI is InChI=1S/3C8H20N.3BF4/c3*1-5-9(6-2,7-3)8-4;3*2-1(3,4)5/h3*5-8H2,1-4H3;;;/q3*+1;3*-1. The van der Waals surface area contributed by atoms with Gasteiger partial charge >= 0.3 is 21.8 Å². The van der Waals surface area contributed by atoms with Crippen molar-refractivity contribution in [3.8, 4) is 0 Å². The first-order valence-corrected chi connectivity index (χ1v) is 14.9. The lowest BCUT2D eigenvalue weighted by Crippen LogP contribution is -2.47. The molecule has 0 aromatic carbocycles. The van der Waals surface area contributed by atoms with Gasteiger partial charge in [-0.25, -0.2) is 0 Å². The van der Waals surface area contributed by atoms with Crippen molar-refractivity contribution in [1.29, 1.82) is 0 Å². The highest BCUT2D eigenvalue weighted by Crippen LogP contribution is 2.08. The lowest BCUT2D eigenvalue weighted by atomic mass is 10.3. The summed E-state index contributed by atoms with van der Waals surface area (Å²) in [6.07, 6.45) is 0. The molecule has 0 heterocycles. The Kier molecular flexibility index (Phi) is 35.5. The van der Waals surface area contributed by atoms with Gasteiger partial charge in [-0.3, -0.25) is 0 Å². The molecule has 42 heavy (non-hydrogen) atoms. The summed E-state index contributed by atoms with van der Waals surface area (Å²) in [5.41, 5.74) is 0. The Morgan fingerprint density at radius 3 is 0.286 bits per heavy atom. The fraction of sp³-hybridized carbons (Fsp3) is 1.00. The quantitative estimate of drug-likeness (QED) is 0.112. The van der Waals surface area contributed by atoms with Gasteiger partial charge in [0.15, 0.2) is 0 Å². The molecule has 0 N–H and O–H groups in total. The molecule has 0 aliphatic carbocycles. The van der Waals surface area contributed by atoms with Crippen molar-refractivity contribution in [1.82, 2.24) is 0 Å². The largest absolute Gasteiger partial charge is 0.673 e. The number of nitrogens with zero attached hydrogens (tertiary/aromatic N) is 3. The van der Waals surface area contributed by atoms with Crippen LogP contribution in [0.25, 0.3) is 0 Å². The molecule has 0 aliphatic rings. The highest BCUT2D eigenvalue weighted by Gasteiger charge is 2.22. The summed E-state index contributed by atoms with van der Waals surface area (Å²) in [6.45, 7) is 42.7. The minimum Gasteiger partial charge on any atom is -0.418 e. The van der Waals surface area contributed by atoms with E-state index >= 15 is 0 Å². The molecule has 0 bridgehead atoms. The van der Waals surface area contributed by atoms with E-state index in [4.69, 9.17) is 0 Å². The molecule has 0 rings (SSSR count). The molecule has 0 unspecified atom stereocenters. The summed E-state index contributed by atoms with van der Waals surface area (Å²) < 4.78 is 121. The molecule has 0 saturated heterocycles. The molecule has 264 valence electrons. The maximum Gasteiger partial charge on any atom is 0.673 e. The molecule has 0 spiro atoms. The van der Waals surface area contributed by atoms with Gasteiger partial charge in [-0.15, -0.1) is 0 Å². The van der Waals surface area contributed by atoms with E-state index in [1.54, 1.807) is 0 Å². The van der Waals surface area contributed by atoms with E-state index in [-0.39, 0.29) is 0 Å². The van der Waals surface area contributed by atoms with Crippen LogP contribution in [0, 0.1) is 0 Å². The van der Waals surface area contributed by atoms with E-state index < -0.39 is 21.8 Å². The molecule has 0 atom stereocenters. The first-order chi connectivity index (χ1) is 18.7. The van der Waals surface area contributed by atoms with Gasteiger partial charge in [0.1, 0.15) is 0 Å². The van der Waals surface area contributed by atoms with E-state index in [0.717, 1.165) is 0 Å². The molecule has 0 saturated carbocycles. The lowest BCUT2D eigenvalue weighted by Gasteiger charge is -2.34. The lowest BCUT2D eigenvalue weighted by molar-refractivity contribution is -0.921. The third-order valence-electron chi connectivity index (χ3n) is 8.05. The predicted molar refractivity (Wildman–Crippen MR) is 158 cm³/mol. The van der Waals surface area contributed by atoms with Crippen LogP contribution in [0.4, 0.5) is 51.8 Å². The van der Waals surface area contributed by atoms with Crippen LogP contribution in [0.5, 0.6) is 0 Å². The third-order valence-corrected chi connectivity index (χ3v) is 8.05. The molecular formula is C24H60B3F12N3. The molecule has 0 aromatic heterocycles. The Morgan fingerprint density at radius 1 is 0.238 bits per heavy atom. The van der Waals surface area contributed by atoms with Gasteiger partial charge in [0, 0.05) is 0 Å². The van der Waals surface area contributed by atoms with Crippen molar-refractivity contribution in [2.24, 2.45) is 0 Å². The van der Waals surface area contributed by atoms with Gasteiger partial charge in [-0.2, -0.15) is 0 Å². The van der Waals surface area contributed by atoms with Crippen molar-refractivity contribution in [2.45, 2.75) is 83.1 Å². The van der Waals surface area contributed by atoms with E-state index in [2.05, 4.69) is 83.1 Å². The Bertz CT molecular complexity index is 407. The van der Waals surface area contributed by atoms with Crippen LogP contribution in [-0.2, 0) is 0 Å². The summed E-state index contributed by atoms with van der Waals surface area (Å²) in [5.74, 6) is 0. The van der Waals surface area contributed by atoms with E-state index in [0.29, 0.717) is 0 Å². The van der Waals surface area contributed by atoms with E-state index in [9.17, 15) is 51.8 Å². The first-order valence-electron chi connectivity index (χ1n) is 14.9. The van der Waals surface area contributed by atoms with Gasteiger partial charge in [0.25, 0.3) is 0 Å². The minimum absolute atomic E-state index is 1.28. The van der Waals surface area contributed by atoms with Gasteiger partial charge in [-0.05, 0) is 83.1 Å². The molecular weight excluding hydrogens is 591 g/mol. The average molecular weight is 651 g/mol. The van der Waals surface area contributed by atoms with Gasteiger partial charge in [-0.1, -0.05) is 0 Å². The highest BCUT2D eigenvalue weighted by molar-refractivity contribution is 6.50. The molecule has 0 radical (unpaired) electrons. The third kappa shape index (κ3) is 46.2. The zero-order valence-corrected chi connectivity index (χ0v) is 28.1. The monoisotopic (exact) mass is 651 g/mol.